The zero-order valence-corrected chi connectivity index (χ0v) is 21.8. The van der Waals surface area contributed by atoms with Crippen LogP contribution in [0.15, 0.2) is 78.1 Å². The monoisotopic (exact) mass is 537 g/mol. The minimum atomic E-state index is 0.412. The van der Waals surface area contributed by atoms with Crippen LogP contribution < -0.4 is 14.8 Å². The van der Waals surface area contributed by atoms with Gasteiger partial charge in [-0.05, 0) is 49.1 Å². The minimum absolute atomic E-state index is 0.412. The van der Waals surface area contributed by atoms with Gasteiger partial charge in [-0.25, -0.2) is 9.97 Å². The molecule has 0 spiro atoms. The Hall–Kier alpha value is -3.00. The number of benzene rings is 2. The van der Waals surface area contributed by atoms with Gasteiger partial charge >= 0.3 is 0 Å². The second-order valence-electron chi connectivity index (χ2n) is 8.50. The topological polar surface area (TPSA) is 72.0 Å². The number of anilines is 2. The first-order valence-electron chi connectivity index (χ1n) is 11.8. The summed E-state index contributed by atoms with van der Waals surface area (Å²) in [6, 6.07) is 17.5. The lowest BCUT2D eigenvalue weighted by Crippen LogP contribution is -2.23. The molecule has 5 rings (SSSR count). The van der Waals surface area contributed by atoms with Gasteiger partial charge in [-0.15, -0.1) is 0 Å². The summed E-state index contributed by atoms with van der Waals surface area (Å²) >= 11 is 14.5. The van der Waals surface area contributed by atoms with Crippen molar-refractivity contribution in [1.82, 2.24) is 15.0 Å². The van der Waals surface area contributed by atoms with Crippen LogP contribution in [0, 0.1) is 0 Å². The highest BCUT2D eigenvalue weighted by Crippen LogP contribution is 2.40. The highest BCUT2D eigenvalue weighted by atomic mass is 35.5. The van der Waals surface area contributed by atoms with E-state index in [1.165, 1.54) is 31.2 Å². The second-order valence-corrected chi connectivity index (χ2v) is 10.2. The number of nitrogens with zero attached hydrogens (tertiary/aromatic N) is 3. The fraction of sp³-hybridized carbons (Fsp3) is 0.222. The molecular weight excluding hydrogens is 513 g/mol. The molecule has 2 aromatic carbocycles. The SMILES string of the molecule is Clc1cc(Oc2ccncc2-c2ccnc(NC3CCCCC3)n2)cc(Cl)c1NSc1ccccc1. The lowest BCUT2D eigenvalue weighted by atomic mass is 9.96. The van der Waals surface area contributed by atoms with Gasteiger partial charge in [0.1, 0.15) is 11.5 Å². The summed E-state index contributed by atoms with van der Waals surface area (Å²) in [5.41, 5.74) is 2.10. The summed E-state index contributed by atoms with van der Waals surface area (Å²) in [7, 11) is 0. The van der Waals surface area contributed by atoms with E-state index in [0.717, 1.165) is 29.0 Å². The molecule has 9 heteroatoms. The number of pyridine rings is 1. The highest BCUT2D eigenvalue weighted by Gasteiger charge is 2.16. The molecule has 0 saturated heterocycles. The van der Waals surface area contributed by atoms with Crippen molar-refractivity contribution in [3.05, 3.63) is 83.2 Å². The Kier molecular flexibility index (Phi) is 8.11. The van der Waals surface area contributed by atoms with Gasteiger partial charge in [0.05, 0.1) is 27.0 Å². The molecule has 36 heavy (non-hydrogen) atoms. The molecule has 1 fully saturated rings. The molecular formula is C27H25Cl2N5OS. The third-order valence-electron chi connectivity index (χ3n) is 5.91. The van der Waals surface area contributed by atoms with Crippen molar-refractivity contribution in [3.63, 3.8) is 0 Å². The summed E-state index contributed by atoms with van der Waals surface area (Å²) in [6.45, 7) is 0. The van der Waals surface area contributed by atoms with Crippen LogP contribution in [0.25, 0.3) is 11.3 Å². The van der Waals surface area contributed by atoms with Gasteiger partial charge in [-0.1, -0.05) is 60.7 Å². The standard InChI is InChI=1S/C27H25Cl2N5OS/c28-22-15-19(16-23(29)26(22)34-36-20-9-5-2-6-10-20)35-25-12-13-30-17-21(25)24-11-14-31-27(33-24)32-18-7-3-1-4-8-18/h2,5-6,9-18,34H,1,3-4,7-8H2,(H,31,32,33). The Morgan fingerprint density at radius 1 is 0.917 bits per heavy atom. The van der Waals surface area contributed by atoms with E-state index < -0.39 is 0 Å². The number of hydrogen-bond acceptors (Lipinski definition) is 7. The Bertz CT molecular complexity index is 1300. The van der Waals surface area contributed by atoms with Gasteiger partial charge in [0.25, 0.3) is 0 Å². The van der Waals surface area contributed by atoms with Crippen LogP contribution >= 0.6 is 35.1 Å². The van der Waals surface area contributed by atoms with E-state index in [1.54, 1.807) is 36.8 Å². The van der Waals surface area contributed by atoms with Crippen molar-refractivity contribution in [2.45, 2.75) is 43.0 Å². The van der Waals surface area contributed by atoms with E-state index in [4.69, 9.17) is 32.9 Å². The maximum atomic E-state index is 6.56. The van der Waals surface area contributed by atoms with E-state index in [0.29, 0.717) is 39.2 Å². The summed E-state index contributed by atoms with van der Waals surface area (Å²) in [5, 5.41) is 4.39. The zero-order chi connectivity index (χ0) is 24.7. The molecule has 2 N–H and O–H groups in total. The quantitative estimate of drug-likeness (QED) is 0.218. The molecule has 2 heterocycles. The van der Waals surface area contributed by atoms with E-state index >= 15 is 0 Å². The van der Waals surface area contributed by atoms with E-state index in [9.17, 15) is 0 Å². The van der Waals surface area contributed by atoms with Crippen molar-refractivity contribution in [1.29, 1.82) is 0 Å². The molecule has 0 atom stereocenters. The first-order valence-corrected chi connectivity index (χ1v) is 13.4. The number of aromatic nitrogens is 3. The summed E-state index contributed by atoms with van der Waals surface area (Å²) in [4.78, 5) is 14.5. The lowest BCUT2D eigenvalue weighted by molar-refractivity contribution is 0.461. The lowest BCUT2D eigenvalue weighted by Gasteiger charge is -2.22. The van der Waals surface area contributed by atoms with Crippen LogP contribution in [0.3, 0.4) is 0 Å². The van der Waals surface area contributed by atoms with Crippen LogP contribution in [-0.4, -0.2) is 21.0 Å². The first-order chi connectivity index (χ1) is 17.7. The molecule has 1 aliphatic rings. The van der Waals surface area contributed by atoms with Crippen molar-refractivity contribution in [2.24, 2.45) is 0 Å². The second kappa shape index (κ2) is 11.8. The van der Waals surface area contributed by atoms with Gasteiger partial charge in [-0.3, -0.25) is 4.98 Å². The van der Waals surface area contributed by atoms with Crippen molar-refractivity contribution in [3.8, 4) is 22.8 Å². The summed E-state index contributed by atoms with van der Waals surface area (Å²) in [6.07, 6.45) is 11.2. The molecule has 0 amide bonds. The number of ether oxygens (including phenoxy) is 1. The first kappa shape index (κ1) is 24.7. The van der Waals surface area contributed by atoms with E-state index in [1.807, 2.05) is 36.4 Å². The minimum Gasteiger partial charge on any atom is -0.456 e. The molecule has 6 nitrogen and oxygen atoms in total. The van der Waals surface area contributed by atoms with Gasteiger partial charge < -0.3 is 14.8 Å². The molecule has 1 saturated carbocycles. The molecule has 0 bridgehead atoms. The van der Waals surface area contributed by atoms with Crippen molar-refractivity contribution >= 4 is 46.8 Å². The Labute approximate surface area is 225 Å². The Morgan fingerprint density at radius 3 is 2.47 bits per heavy atom. The zero-order valence-electron chi connectivity index (χ0n) is 19.5. The maximum absolute atomic E-state index is 6.56. The molecule has 184 valence electrons. The van der Waals surface area contributed by atoms with Crippen molar-refractivity contribution < 1.29 is 4.74 Å². The molecule has 2 aromatic heterocycles. The van der Waals surface area contributed by atoms with E-state index in [2.05, 4.69) is 20.0 Å². The Balaban J connectivity index is 1.34. The van der Waals surface area contributed by atoms with Crippen LogP contribution in [0.5, 0.6) is 11.5 Å². The summed E-state index contributed by atoms with van der Waals surface area (Å²) < 4.78 is 9.44. The van der Waals surface area contributed by atoms with E-state index in [-0.39, 0.29) is 0 Å². The Morgan fingerprint density at radius 2 is 1.69 bits per heavy atom. The number of halogens is 2. The van der Waals surface area contributed by atoms with Gasteiger partial charge in [0.2, 0.25) is 5.95 Å². The van der Waals surface area contributed by atoms with Gasteiger partial charge in [0.15, 0.2) is 0 Å². The normalized spacial score (nSPS) is 13.8. The van der Waals surface area contributed by atoms with Gasteiger partial charge in [-0.2, -0.15) is 0 Å². The molecule has 1 aliphatic carbocycles. The van der Waals surface area contributed by atoms with Crippen molar-refractivity contribution in [2.75, 3.05) is 10.0 Å². The predicted molar refractivity (Wildman–Crippen MR) is 148 cm³/mol. The maximum Gasteiger partial charge on any atom is 0.223 e. The average molecular weight is 539 g/mol. The number of rotatable bonds is 8. The molecule has 0 aliphatic heterocycles. The van der Waals surface area contributed by atoms with Crippen LogP contribution in [0.2, 0.25) is 10.0 Å². The molecule has 0 radical (unpaired) electrons. The average Bonchev–Trinajstić information content (AvgIpc) is 2.90. The fourth-order valence-corrected chi connectivity index (χ4v) is 5.51. The smallest absolute Gasteiger partial charge is 0.223 e. The summed E-state index contributed by atoms with van der Waals surface area (Å²) in [5.74, 6) is 1.73. The molecule has 0 unspecified atom stereocenters. The van der Waals surface area contributed by atoms with Crippen LogP contribution in [0.4, 0.5) is 11.6 Å². The van der Waals surface area contributed by atoms with Crippen LogP contribution in [0.1, 0.15) is 32.1 Å². The third-order valence-corrected chi connectivity index (χ3v) is 7.32. The molecule has 4 aromatic rings. The van der Waals surface area contributed by atoms with Gasteiger partial charge in [0, 0.05) is 41.7 Å². The third kappa shape index (κ3) is 6.22. The number of hydrogen-bond donors (Lipinski definition) is 2. The number of nitrogens with one attached hydrogen (secondary N) is 2. The highest BCUT2D eigenvalue weighted by molar-refractivity contribution is 8.00. The largest absolute Gasteiger partial charge is 0.456 e. The fourth-order valence-electron chi connectivity index (χ4n) is 4.10. The predicted octanol–water partition coefficient (Wildman–Crippen LogP) is 8.50. The van der Waals surface area contributed by atoms with Crippen LogP contribution in [-0.2, 0) is 0 Å².